The van der Waals surface area contributed by atoms with E-state index in [0.29, 0.717) is 11.3 Å². The number of aliphatic hydroxyl groups is 1. The topological polar surface area (TPSA) is 66.4 Å². The largest absolute Gasteiger partial charge is 0.388 e. The van der Waals surface area contributed by atoms with Gasteiger partial charge >= 0.3 is 0 Å². The summed E-state index contributed by atoms with van der Waals surface area (Å²) in [6.45, 7) is 0.802. The zero-order valence-corrected chi connectivity index (χ0v) is 7.78. The number of para-hydroxylation sites is 1. The molecule has 0 aromatic heterocycles. The molecule has 4 nitrogen and oxygen atoms in total. The van der Waals surface area contributed by atoms with Crippen LogP contribution in [0.4, 0.5) is 5.69 Å². The van der Waals surface area contributed by atoms with E-state index in [9.17, 15) is 9.59 Å². The summed E-state index contributed by atoms with van der Waals surface area (Å²) < 4.78 is 0. The van der Waals surface area contributed by atoms with Crippen LogP contribution in [0.3, 0.4) is 0 Å². The number of ketones is 1. The minimum atomic E-state index is -0.559. The highest BCUT2D eigenvalue weighted by atomic mass is 16.3. The van der Waals surface area contributed by atoms with Gasteiger partial charge in [-0.05, 0) is 12.1 Å². The molecule has 74 valence electrons. The maximum absolute atomic E-state index is 11.2. The molecule has 0 bridgehead atoms. The van der Waals surface area contributed by atoms with Crippen LogP contribution in [-0.4, -0.2) is 23.4 Å². The molecule has 2 N–H and O–H groups in total. The number of aliphatic hydroxyl groups excluding tert-OH is 1. The molecule has 1 amide bonds. The Balaban J connectivity index is 3.02. The van der Waals surface area contributed by atoms with E-state index >= 15 is 0 Å². The van der Waals surface area contributed by atoms with Gasteiger partial charge in [0.1, 0.15) is 6.61 Å². The van der Waals surface area contributed by atoms with Gasteiger partial charge in [-0.1, -0.05) is 12.1 Å². The predicted octanol–water partition coefficient (Wildman–Crippen LogP) is 0.820. The molecule has 14 heavy (non-hydrogen) atoms. The summed E-state index contributed by atoms with van der Waals surface area (Å²) in [7, 11) is 0. The lowest BCUT2D eigenvalue weighted by molar-refractivity contribution is -0.114. The first-order chi connectivity index (χ1) is 6.65. The van der Waals surface area contributed by atoms with Gasteiger partial charge in [-0.3, -0.25) is 9.59 Å². The van der Waals surface area contributed by atoms with Gasteiger partial charge in [-0.2, -0.15) is 0 Å². The fourth-order valence-electron chi connectivity index (χ4n) is 1.11. The van der Waals surface area contributed by atoms with Crippen molar-refractivity contribution in [1.82, 2.24) is 0 Å². The van der Waals surface area contributed by atoms with E-state index in [1.54, 1.807) is 24.3 Å². The minimum absolute atomic E-state index is 0.247. The van der Waals surface area contributed by atoms with E-state index in [1.807, 2.05) is 0 Å². The molecule has 1 aromatic carbocycles. The van der Waals surface area contributed by atoms with Gasteiger partial charge in [0.15, 0.2) is 5.78 Å². The highest BCUT2D eigenvalue weighted by Gasteiger charge is 2.09. The Morgan fingerprint density at radius 1 is 1.36 bits per heavy atom. The summed E-state index contributed by atoms with van der Waals surface area (Å²) in [5, 5.41) is 11.2. The molecule has 0 saturated heterocycles. The van der Waals surface area contributed by atoms with Crippen LogP contribution in [0, 0.1) is 0 Å². The van der Waals surface area contributed by atoms with Crippen LogP contribution in [0.25, 0.3) is 0 Å². The number of carbonyl (C=O) groups is 2. The van der Waals surface area contributed by atoms with Gasteiger partial charge in [-0.25, -0.2) is 0 Å². The maximum atomic E-state index is 11.2. The summed E-state index contributed by atoms with van der Waals surface area (Å²) in [6, 6.07) is 6.56. The van der Waals surface area contributed by atoms with Crippen LogP contribution < -0.4 is 5.32 Å². The number of carbonyl (C=O) groups excluding carboxylic acids is 2. The predicted molar refractivity (Wildman–Crippen MR) is 52.2 cm³/mol. The highest BCUT2D eigenvalue weighted by Crippen LogP contribution is 2.15. The molecule has 0 unspecified atom stereocenters. The highest BCUT2D eigenvalue weighted by molar-refractivity contribution is 6.04. The minimum Gasteiger partial charge on any atom is -0.388 e. The molecule has 1 aromatic rings. The first-order valence-corrected chi connectivity index (χ1v) is 4.16. The van der Waals surface area contributed by atoms with Gasteiger partial charge in [0.05, 0.1) is 5.69 Å². The van der Waals surface area contributed by atoms with Crippen molar-refractivity contribution >= 4 is 17.4 Å². The number of hydrogen-bond acceptors (Lipinski definition) is 3. The average molecular weight is 193 g/mol. The molecular weight excluding hydrogens is 182 g/mol. The molecule has 1 rings (SSSR count). The molecule has 0 aliphatic rings. The van der Waals surface area contributed by atoms with Crippen LogP contribution in [0.5, 0.6) is 0 Å². The Morgan fingerprint density at radius 2 is 2.00 bits per heavy atom. The fourth-order valence-corrected chi connectivity index (χ4v) is 1.11. The number of benzene rings is 1. The summed E-state index contributed by atoms with van der Waals surface area (Å²) in [5.74, 6) is -0.655. The normalized spacial score (nSPS) is 9.57. The summed E-state index contributed by atoms with van der Waals surface area (Å²) >= 11 is 0. The third-order valence-electron chi connectivity index (χ3n) is 1.68. The van der Waals surface area contributed by atoms with Crippen LogP contribution in [0.1, 0.15) is 17.3 Å². The Labute approximate surface area is 81.6 Å². The van der Waals surface area contributed by atoms with Crippen molar-refractivity contribution in [3.8, 4) is 0 Å². The Hall–Kier alpha value is -1.68. The van der Waals surface area contributed by atoms with Gasteiger partial charge in [0.2, 0.25) is 5.91 Å². The van der Waals surface area contributed by atoms with E-state index in [-0.39, 0.29) is 5.91 Å². The Kier molecular flexibility index (Phi) is 3.36. The molecule has 0 aliphatic heterocycles. The SMILES string of the molecule is CC(=O)Nc1ccccc1C(=O)CO. The van der Waals surface area contributed by atoms with E-state index < -0.39 is 12.4 Å². The second-order valence-corrected chi connectivity index (χ2v) is 2.81. The molecule has 0 radical (unpaired) electrons. The second kappa shape index (κ2) is 4.53. The summed E-state index contributed by atoms with van der Waals surface area (Å²) in [4.78, 5) is 22.0. The van der Waals surface area contributed by atoms with Gasteiger partial charge < -0.3 is 10.4 Å². The van der Waals surface area contributed by atoms with E-state index in [0.717, 1.165) is 0 Å². The molecule has 0 heterocycles. The Bertz CT molecular complexity index is 360. The van der Waals surface area contributed by atoms with E-state index in [4.69, 9.17) is 5.11 Å². The quantitative estimate of drug-likeness (QED) is 0.698. The summed E-state index contributed by atoms with van der Waals surface area (Å²) in [5.41, 5.74) is 0.754. The third kappa shape index (κ3) is 2.40. The fraction of sp³-hybridized carbons (Fsp3) is 0.200. The smallest absolute Gasteiger partial charge is 0.221 e. The van der Waals surface area contributed by atoms with Crippen molar-refractivity contribution in [3.05, 3.63) is 29.8 Å². The molecule has 0 spiro atoms. The molecule has 0 atom stereocenters. The van der Waals surface area contributed by atoms with Crippen molar-refractivity contribution in [3.63, 3.8) is 0 Å². The number of amides is 1. The maximum Gasteiger partial charge on any atom is 0.221 e. The Morgan fingerprint density at radius 3 is 2.57 bits per heavy atom. The standard InChI is InChI=1S/C10H11NO3/c1-7(13)11-9-5-3-2-4-8(9)10(14)6-12/h2-5,12H,6H2,1H3,(H,11,13). The average Bonchev–Trinajstić information content (AvgIpc) is 2.16. The number of rotatable bonds is 3. The van der Waals surface area contributed by atoms with Crippen molar-refractivity contribution in [2.75, 3.05) is 11.9 Å². The zero-order valence-electron chi connectivity index (χ0n) is 7.78. The molecular formula is C10H11NO3. The third-order valence-corrected chi connectivity index (χ3v) is 1.68. The van der Waals surface area contributed by atoms with Crippen LogP contribution >= 0.6 is 0 Å². The lowest BCUT2D eigenvalue weighted by Crippen LogP contribution is -2.12. The van der Waals surface area contributed by atoms with Gasteiger partial charge in [0, 0.05) is 12.5 Å². The number of anilines is 1. The van der Waals surface area contributed by atoms with Crippen LogP contribution in [0.15, 0.2) is 24.3 Å². The molecule has 0 saturated carbocycles. The van der Waals surface area contributed by atoms with E-state index in [1.165, 1.54) is 6.92 Å². The first-order valence-electron chi connectivity index (χ1n) is 4.16. The first kappa shape index (κ1) is 10.4. The van der Waals surface area contributed by atoms with Crippen LogP contribution in [0.2, 0.25) is 0 Å². The van der Waals surface area contributed by atoms with Crippen molar-refractivity contribution in [2.45, 2.75) is 6.92 Å². The number of Topliss-reactive ketones (excluding diaryl/α,β-unsaturated/α-hetero) is 1. The monoisotopic (exact) mass is 193 g/mol. The van der Waals surface area contributed by atoms with Crippen molar-refractivity contribution in [1.29, 1.82) is 0 Å². The van der Waals surface area contributed by atoms with Crippen molar-refractivity contribution < 1.29 is 14.7 Å². The second-order valence-electron chi connectivity index (χ2n) is 2.81. The molecule has 4 heteroatoms. The lowest BCUT2D eigenvalue weighted by Gasteiger charge is -2.06. The zero-order chi connectivity index (χ0) is 10.6. The van der Waals surface area contributed by atoms with Crippen LogP contribution in [-0.2, 0) is 4.79 Å². The van der Waals surface area contributed by atoms with Gasteiger partial charge in [-0.15, -0.1) is 0 Å². The van der Waals surface area contributed by atoms with Crippen molar-refractivity contribution in [2.24, 2.45) is 0 Å². The summed E-state index contributed by atoms with van der Waals surface area (Å²) in [6.07, 6.45) is 0. The lowest BCUT2D eigenvalue weighted by atomic mass is 10.1. The number of nitrogens with one attached hydrogen (secondary N) is 1. The molecule has 0 fully saturated rings. The molecule has 0 aliphatic carbocycles. The van der Waals surface area contributed by atoms with Gasteiger partial charge in [0.25, 0.3) is 0 Å². The van der Waals surface area contributed by atoms with E-state index in [2.05, 4.69) is 5.32 Å². The number of hydrogen-bond donors (Lipinski definition) is 2.